The van der Waals surface area contributed by atoms with Gasteiger partial charge >= 0.3 is 18.1 Å². The zero-order valence-corrected chi connectivity index (χ0v) is 19.6. The molecule has 8 nitrogen and oxygen atoms in total. The molecular formula is C26H23F3N2O6. The largest absolute Gasteiger partial charge is 0.481 e. The number of alkyl halides is 3. The molecule has 0 bridgehead atoms. The average Bonchev–Trinajstić information content (AvgIpc) is 3.21. The SMILES string of the molecule is CC(CC(=O)O)C(=O)OCC1C[C@H](c2ccc3cc(-c4ccccc4C(F)(F)F)[nH]c(=O)c3c2)C(=O)N1. The molecule has 1 aliphatic heterocycles. The van der Waals surface area contributed by atoms with Gasteiger partial charge in [-0.25, -0.2) is 0 Å². The van der Waals surface area contributed by atoms with E-state index in [1.807, 2.05) is 0 Å². The first-order valence-corrected chi connectivity index (χ1v) is 11.5. The summed E-state index contributed by atoms with van der Waals surface area (Å²) in [4.78, 5) is 50.6. The third kappa shape index (κ3) is 5.65. The fourth-order valence-electron chi connectivity index (χ4n) is 4.42. The number of carboxylic acid groups (broad SMARTS) is 1. The standard InChI is InChI=1S/C26H23F3N2O6/c1-13(8-22(32)33)25(36)37-12-16-11-19(23(34)30-16)14-6-7-15-10-21(31-24(35)18(15)9-14)17-4-2-3-5-20(17)26(27,28)29/h2-7,9-10,13,16,19H,8,11-12H2,1H3,(H,30,34)(H,31,35)(H,32,33)/t13?,16?,19-/m1/s1. The van der Waals surface area contributed by atoms with Crippen LogP contribution in [0.3, 0.4) is 0 Å². The van der Waals surface area contributed by atoms with Crippen molar-refractivity contribution in [3.8, 4) is 11.3 Å². The number of carboxylic acids is 1. The molecule has 1 aliphatic rings. The molecule has 0 radical (unpaired) electrons. The Morgan fingerprint density at radius 2 is 1.86 bits per heavy atom. The topological polar surface area (TPSA) is 126 Å². The lowest BCUT2D eigenvalue weighted by Crippen LogP contribution is -2.32. The molecular weight excluding hydrogens is 493 g/mol. The molecule has 0 saturated carbocycles. The van der Waals surface area contributed by atoms with Crippen molar-refractivity contribution in [2.24, 2.45) is 5.92 Å². The first kappa shape index (κ1) is 25.9. The van der Waals surface area contributed by atoms with Crippen LogP contribution in [0.2, 0.25) is 0 Å². The van der Waals surface area contributed by atoms with Crippen molar-refractivity contribution in [3.05, 3.63) is 70.0 Å². The van der Waals surface area contributed by atoms with E-state index >= 15 is 0 Å². The highest BCUT2D eigenvalue weighted by Crippen LogP contribution is 2.37. The van der Waals surface area contributed by atoms with Gasteiger partial charge in [0, 0.05) is 16.6 Å². The Kier molecular flexibility index (Phi) is 7.06. The number of hydrogen-bond donors (Lipinski definition) is 3. The number of halogens is 3. The minimum Gasteiger partial charge on any atom is -0.481 e. The number of aliphatic carboxylic acids is 1. The summed E-state index contributed by atoms with van der Waals surface area (Å²) in [5.41, 5.74) is -1.05. The summed E-state index contributed by atoms with van der Waals surface area (Å²) in [6, 6.07) is 10.7. The summed E-state index contributed by atoms with van der Waals surface area (Å²) in [7, 11) is 0. The van der Waals surface area contributed by atoms with Crippen LogP contribution in [0.15, 0.2) is 53.3 Å². The molecule has 1 amide bonds. The molecule has 2 heterocycles. The first-order valence-electron chi connectivity index (χ1n) is 11.5. The maximum absolute atomic E-state index is 13.4. The molecule has 1 fully saturated rings. The number of benzene rings is 2. The van der Waals surface area contributed by atoms with Gasteiger partial charge in [-0.05, 0) is 35.6 Å². The summed E-state index contributed by atoms with van der Waals surface area (Å²) in [5, 5.41) is 12.1. The van der Waals surface area contributed by atoms with E-state index in [0.717, 1.165) is 6.07 Å². The maximum atomic E-state index is 13.4. The van der Waals surface area contributed by atoms with Crippen molar-refractivity contribution in [3.63, 3.8) is 0 Å². The first-order chi connectivity index (χ1) is 17.4. The van der Waals surface area contributed by atoms with Gasteiger partial charge in [0.1, 0.15) is 6.61 Å². The highest BCUT2D eigenvalue weighted by Gasteiger charge is 2.35. The van der Waals surface area contributed by atoms with Crippen LogP contribution < -0.4 is 10.9 Å². The number of nitrogens with one attached hydrogen (secondary N) is 2. The number of pyridine rings is 1. The fraction of sp³-hybridized carbons (Fsp3) is 0.308. The minimum absolute atomic E-state index is 0.0239. The smallest absolute Gasteiger partial charge is 0.417 e. The number of esters is 1. The highest BCUT2D eigenvalue weighted by atomic mass is 19.4. The summed E-state index contributed by atoms with van der Waals surface area (Å²) in [6.45, 7) is 1.31. The number of carbonyl (C=O) groups is 3. The van der Waals surface area contributed by atoms with E-state index < -0.39 is 47.1 Å². The van der Waals surface area contributed by atoms with Gasteiger partial charge < -0.3 is 20.1 Å². The van der Waals surface area contributed by atoms with Crippen LogP contribution in [0.4, 0.5) is 13.2 Å². The van der Waals surface area contributed by atoms with E-state index in [1.54, 1.807) is 12.1 Å². The second-order valence-electron chi connectivity index (χ2n) is 9.02. The number of hydrogen-bond acceptors (Lipinski definition) is 5. The molecule has 37 heavy (non-hydrogen) atoms. The summed E-state index contributed by atoms with van der Waals surface area (Å²) < 4.78 is 45.5. The quantitative estimate of drug-likeness (QED) is 0.410. The predicted molar refractivity (Wildman–Crippen MR) is 127 cm³/mol. The number of aromatic nitrogens is 1. The Morgan fingerprint density at radius 3 is 2.57 bits per heavy atom. The van der Waals surface area contributed by atoms with E-state index in [4.69, 9.17) is 9.84 Å². The molecule has 3 atom stereocenters. The van der Waals surface area contributed by atoms with E-state index in [1.165, 1.54) is 37.3 Å². The Bertz CT molecular complexity index is 1430. The van der Waals surface area contributed by atoms with Gasteiger partial charge in [0.25, 0.3) is 5.56 Å². The van der Waals surface area contributed by atoms with Gasteiger partial charge in [-0.3, -0.25) is 19.2 Å². The Hall–Kier alpha value is -4.15. The summed E-state index contributed by atoms with van der Waals surface area (Å²) >= 11 is 0. The van der Waals surface area contributed by atoms with Crippen LogP contribution in [0.1, 0.15) is 36.8 Å². The van der Waals surface area contributed by atoms with Crippen LogP contribution in [0, 0.1) is 5.92 Å². The van der Waals surface area contributed by atoms with Crippen molar-refractivity contribution < 1.29 is 37.4 Å². The number of H-pyrrole nitrogens is 1. The van der Waals surface area contributed by atoms with E-state index in [-0.39, 0.29) is 42.0 Å². The molecule has 1 saturated heterocycles. The van der Waals surface area contributed by atoms with Gasteiger partial charge in [0.15, 0.2) is 0 Å². The molecule has 0 aliphatic carbocycles. The second kappa shape index (κ2) is 10.1. The van der Waals surface area contributed by atoms with Crippen molar-refractivity contribution >= 4 is 28.6 Å². The molecule has 2 aromatic carbocycles. The van der Waals surface area contributed by atoms with Gasteiger partial charge in [0.2, 0.25) is 5.91 Å². The second-order valence-corrected chi connectivity index (χ2v) is 9.02. The Labute approximate surface area is 208 Å². The molecule has 0 spiro atoms. The van der Waals surface area contributed by atoms with Gasteiger partial charge in [-0.1, -0.05) is 37.3 Å². The molecule has 1 aromatic heterocycles. The van der Waals surface area contributed by atoms with Gasteiger partial charge in [-0.2, -0.15) is 13.2 Å². The van der Waals surface area contributed by atoms with Crippen LogP contribution >= 0.6 is 0 Å². The van der Waals surface area contributed by atoms with Crippen molar-refractivity contribution in [2.45, 2.75) is 37.9 Å². The molecule has 3 N–H and O–H groups in total. The van der Waals surface area contributed by atoms with Crippen molar-refractivity contribution in [1.82, 2.24) is 10.3 Å². The third-order valence-corrected chi connectivity index (χ3v) is 6.29. The number of ether oxygens (including phenoxy) is 1. The lowest BCUT2D eigenvalue weighted by Gasteiger charge is -2.14. The monoisotopic (exact) mass is 516 g/mol. The maximum Gasteiger partial charge on any atom is 0.417 e. The molecule has 194 valence electrons. The Morgan fingerprint density at radius 1 is 1.14 bits per heavy atom. The number of carbonyl (C=O) groups excluding carboxylic acids is 2. The molecule has 3 aromatic rings. The lowest BCUT2D eigenvalue weighted by atomic mass is 9.93. The van der Waals surface area contributed by atoms with E-state index in [0.29, 0.717) is 10.9 Å². The van der Waals surface area contributed by atoms with Crippen LogP contribution in [-0.4, -0.2) is 40.6 Å². The van der Waals surface area contributed by atoms with Gasteiger partial charge in [0.05, 0.1) is 29.9 Å². The lowest BCUT2D eigenvalue weighted by molar-refractivity contribution is -0.153. The molecule has 4 rings (SSSR count). The van der Waals surface area contributed by atoms with Crippen molar-refractivity contribution in [2.75, 3.05) is 6.61 Å². The predicted octanol–water partition coefficient (Wildman–Crippen LogP) is 3.84. The number of fused-ring (bicyclic) bond motifs is 1. The zero-order valence-electron chi connectivity index (χ0n) is 19.6. The van der Waals surface area contributed by atoms with Crippen LogP contribution in [0.25, 0.3) is 22.0 Å². The number of aromatic amines is 1. The van der Waals surface area contributed by atoms with Crippen molar-refractivity contribution in [1.29, 1.82) is 0 Å². The molecule has 2 unspecified atom stereocenters. The molecule has 11 heteroatoms. The zero-order chi connectivity index (χ0) is 26.9. The Balaban J connectivity index is 1.54. The van der Waals surface area contributed by atoms with Crippen LogP contribution in [0.5, 0.6) is 0 Å². The van der Waals surface area contributed by atoms with E-state index in [9.17, 15) is 32.3 Å². The highest BCUT2D eigenvalue weighted by molar-refractivity contribution is 5.90. The van der Waals surface area contributed by atoms with Gasteiger partial charge in [-0.15, -0.1) is 0 Å². The summed E-state index contributed by atoms with van der Waals surface area (Å²) in [5.74, 6) is -3.59. The third-order valence-electron chi connectivity index (χ3n) is 6.29. The normalized spacial score (nSPS) is 18.4. The van der Waals surface area contributed by atoms with E-state index in [2.05, 4.69) is 10.3 Å². The summed E-state index contributed by atoms with van der Waals surface area (Å²) in [6.07, 6.45) is -4.69. The average molecular weight is 516 g/mol. The number of rotatable bonds is 7. The fourth-order valence-corrected chi connectivity index (χ4v) is 4.42. The van der Waals surface area contributed by atoms with Crippen LogP contribution in [-0.2, 0) is 25.3 Å². The number of amides is 1. The minimum atomic E-state index is -4.60.